The summed E-state index contributed by atoms with van der Waals surface area (Å²) in [5.41, 5.74) is 6.52. The molecule has 118 valence electrons. The van der Waals surface area contributed by atoms with Gasteiger partial charge in [0.25, 0.3) is 0 Å². The molecule has 0 saturated heterocycles. The number of anilines is 1. The Morgan fingerprint density at radius 2 is 2.09 bits per heavy atom. The molecule has 2 heterocycles. The molecule has 3 N–H and O–H groups in total. The van der Waals surface area contributed by atoms with Crippen molar-refractivity contribution < 1.29 is 4.52 Å². The van der Waals surface area contributed by atoms with Crippen molar-refractivity contribution in [2.45, 2.75) is 51.5 Å². The fourth-order valence-electron chi connectivity index (χ4n) is 2.84. The standard InChI is InChI=1S/C15H22N6O/c1-10-18-12(6-7-16)8-13(19-10)17-9-14-20-15(22-21-14)11-4-2-3-5-11/h8,11H,2-7,9,16H2,1H3,(H,17,18,19). The number of rotatable bonds is 6. The van der Waals surface area contributed by atoms with Gasteiger partial charge in [-0.05, 0) is 26.3 Å². The highest BCUT2D eigenvalue weighted by Gasteiger charge is 2.22. The summed E-state index contributed by atoms with van der Waals surface area (Å²) in [7, 11) is 0. The fourth-order valence-corrected chi connectivity index (χ4v) is 2.84. The molecular weight excluding hydrogens is 280 g/mol. The van der Waals surface area contributed by atoms with Gasteiger partial charge in [0.15, 0.2) is 5.82 Å². The molecule has 0 aliphatic heterocycles. The Kier molecular flexibility index (Phi) is 4.62. The van der Waals surface area contributed by atoms with Crippen molar-refractivity contribution in [2.24, 2.45) is 5.73 Å². The molecule has 0 bridgehead atoms. The van der Waals surface area contributed by atoms with Crippen LogP contribution in [-0.2, 0) is 13.0 Å². The number of aromatic nitrogens is 4. The first-order valence-electron chi connectivity index (χ1n) is 7.85. The molecule has 2 aromatic heterocycles. The maximum absolute atomic E-state index is 5.57. The van der Waals surface area contributed by atoms with Crippen LogP contribution in [0.15, 0.2) is 10.6 Å². The van der Waals surface area contributed by atoms with Crippen molar-refractivity contribution in [3.63, 3.8) is 0 Å². The molecule has 0 unspecified atom stereocenters. The molecule has 1 aliphatic carbocycles. The second-order valence-electron chi connectivity index (χ2n) is 5.71. The normalized spacial score (nSPS) is 15.4. The summed E-state index contributed by atoms with van der Waals surface area (Å²) in [5.74, 6) is 3.38. The van der Waals surface area contributed by atoms with Crippen molar-refractivity contribution in [3.05, 3.63) is 29.3 Å². The lowest BCUT2D eigenvalue weighted by Crippen LogP contribution is -2.09. The van der Waals surface area contributed by atoms with Gasteiger partial charge in [0, 0.05) is 24.1 Å². The minimum Gasteiger partial charge on any atom is -0.363 e. The van der Waals surface area contributed by atoms with E-state index in [1.54, 1.807) is 0 Å². The van der Waals surface area contributed by atoms with E-state index in [0.29, 0.717) is 24.8 Å². The van der Waals surface area contributed by atoms with Crippen LogP contribution in [0.2, 0.25) is 0 Å². The Hall–Kier alpha value is -2.02. The van der Waals surface area contributed by atoms with Gasteiger partial charge in [-0.2, -0.15) is 4.98 Å². The van der Waals surface area contributed by atoms with E-state index >= 15 is 0 Å². The van der Waals surface area contributed by atoms with Crippen LogP contribution in [-0.4, -0.2) is 26.7 Å². The van der Waals surface area contributed by atoms with E-state index in [1.165, 1.54) is 12.8 Å². The van der Waals surface area contributed by atoms with Crippen molar-refractivity contribution in [3.8, 4) is 0 Å². The molecule has 7 nitrogen and oxygen atoms in total. The Balaban J connectivity index is 1.62. The van der Waals surface area contributed by atoms with Crippen molar-refractivity contribution in [1.29, 1.82) is 0 Å². The maximum atomic E-state index is 5.57. The van der Waals surface area contributed by atoms with Crippen LogP contribution >= 0.6 is 0 Å². The zero-order chi connectivity index (χ0) is 15.4. The van der Waals surface area contributed by atoms with E-state index in [2.05, 4.69) is 25.4 Å². The molecule has 1 aliphatic rings. The van der Waals surface area contributed by atoms with Crippen LogP contribution in [0, 0.1) is 6.92 Å². The summed E-state index contributed by atoms with van der Waals surface area (Å²) in [5, 5.41) is 7.27. The van der Waals surface area contributed by atoms with Gasteiger partial charge in [0.1, 0.15) is 11.6 Å². The Bertz CT molecular complexity index is 620. The summed E-state index contributed by atoms with van der Waals surface area (Å²) in [4.78, 5) is 13.2. The molecule has 1 saturated carbocycles. The molecule has 0 amide bonds. The number of hydrogen-bond acceptors (Lipinski definition) is 7. The van der Waals surface area contributed by atoms with E-state index in [4.69, 9.17) is 10.3 Å². The highest BCUT2D eigenvalue weighted by atomic mass is 16.5. The first-order valence-corrected chi connectivity index (χ1v) is 7.85. The monoisotopic (exact) mass is 302 g/mol. The smallest absolute Gasteiger partial charge is 0.229 e. The first kappa shape index (κ1) is 14.9. The van der Waals surface area contributed by atoms with Gasteiger partial charge in [-0.3, -0.25) is 0 Å². The van der Waals surface area contributed by atoms with Gasteiger partial charge in [-0.25, -0.2) is 9.97 Å². The van der Waals surface area contributed by atoms with E-state index in [1.807, 2.05) is 13.0 Å². The summed E-state index contributed by atoms with van der Waals surface area (Å²) < 4.78 is 5.37. The van der Waals surface area contributed by atoms with E-state index in [9.17, 15) is 0 Å². The molecule has 22 heavy (non-hydrogen) atoms. The number of nitrogens with zero attached hydrogens (tertiary/aromatic N) is 4. The Labute approximate surface area is 129 Å². The molecule has 0 radical (unpaired) electrons. The molecule has 1 fully saturated rings. The van der Waals surface area contributed by atoms with Gasteiger partial charge in [-0.1, -0.05) is 18.0 Å². The molecular formula is C15H22N6O. The van der Waals surface area contributed by atoms with Gasteiger partial charge in [0.2, 0.25) is 5.89 Å². The Morgan fingerprint density at radius 3 is 2.86 bits per heavy atom. The van der Waals surface area contributed by atoms with Crippen LogP contribution in [0.3, 0.4) is 0 Å². The van der Waals surface area contributed by atoms with E-state index < -0.39 is 0 Å². The van der Waals surface area contributed by atoms with Crippen molar-refractivity contribution in [2.75, 3.05) is 11.9 Å². The minimum atomic E-state index is 0.443. The number of hydrogen-bond donors (Lipinski definition) is 2. The molecule has 0 aromatic carbocycles. The lowest BCUT2D eigenvalue weighted by Gasteiger charge is -2.06. The van der Waals surface area contributed by atoms with Gasteiger partial charge in [-0.15, -0.1) is 0 Å². The van der Waals surface area contributed by atoms with Crippen LogP contribution in [0.1, 0.15) is 54.8 Å². The number of aryl methyl sites for hydroxylation is 1. The van der Waals surface area contributed by atoms with Crippen molar-refractivity contribution >= 4 is 5.82 Å². The Morgan fingerprint density at radius 1 is 1.27 bits per heavy atom. The zero-order valence-electron chi connectivity index (χ0n) is 12.9. The van der Waals surface area contributed by atoms with E-state index in [0.717, 1.165) is 42.5 Å². The molecule has 0 spiro atoms. The molecule has 0 atom stereocenters. The molecule has 2 aromatic rings. The van der Waals surface area contributed by atoms with Crippen LogP contribution < -0.4 is 11.1 Å². The predicted molar refractivity (Wildman–Crippen MR) is 82.4 cm³/mol. The summed E-state index contributed by atoms with van der Waals surface area (Å²) in [6, 6.07) is 1.91. The van der Waals surface area contributed by atoms with Gasteiger partial charge < -0.3 is 15.6 Å². The SMILES string of the molecule is Cc1nc(CCN)cc(NCc2noc(C3CCCC3)n2)n1. The van der Waals surface area contributed by atoms with Crippen LogP contribution in [0.5, 0.6) is 0 Å². The number of nitrogens with two attached hydrogens (primary N) is 1. The molecule has 3 rings (SSSR count). The van der Waals surface area contributed by atoms with Crippen LogP contribution in [0.25, 0.3) is 0 Å². The highest BCUT2D eigenvalue weighted by molar-refractivity contribution is 5.36. The zero-order valence-corrected chi connectivity index (χ0v) is 12.9. The second kappa shape index (κ2) is 6.83. The fraction of sp³-hybridized carbons (Fsp3) is 0.600. The maximum Gasteiger partial charge on any atom is 0.229 e. The predicted octanol–water partition coefficient (Wildman–Crippen LogP) is 1.94. The largest absolute Gasteiger partial charge is 0.363 e. The topological polar surface area (TPSA) is 103 Å². The van der Waals surface area contributed by atoms with Crippen molar-refractivity contribution in [1.82, 2.24) is 20.1 Å². The summed E-state index contributed by atoms with van der Waals surface area (Å²) in [6.07, 6.45) is 5.56. The molecule has 7 heteroatoms. The quantitative estimate of drug-likeness (QED) is 0.840. The lowest BCUT2D eigenvalue weighted by atomic mass is 10.1. The van der Waals surface area contributed by atoms with Crippen LogP contribution in [0.4, 0.5) is 5.82 Å². The minimum absolute atomic E-state index is 0.443. The van der Waals surface area contributed by atoms with Gasteiger partial charge >= 0.3 is 0 Å². The highest BCUT2D eigenvalue weighted by Crippen LogP contribution is 2.32. The second-order valence-corrected chi connectivity index (χ2v) is 5.71. The lowest BCUT2D eigenvalue weighted by molar-refractivity contribution is 0.350. The van der Waals surface area contributed by atoms with Gasteiger partial charge in [0.05, 0.1) is 6.54 Å². The third kappa shape index (κ3) is 3.59. The average Bonchev–Trinajstić information content (AvgIpc) is 3.16. The summed E-state index contributed by atoms with van der Waals surface area (Å²) in [6.45, 7) is 2.94. The van der Waals surface area contributed by atoms with E-state index in [-0.39, 0.29) is 0 Å². The third-order valence-electron chi connectivity index (χ3n) is 3.91. The summed E-state index contributed by atoms with van der Waals surface area (Å²) >= 11 is 0. The number of nitrogens with one attached hydrogen (secondary N) is 1. The third-order valence-corrected chi connectivity index (χ3v) is 3.91. The average molecular weight is 302 g/mol. The first-order chi connectivity index (χ1) is 10.7.